The van der Waals surface area contributed by atoms with Crippen molar-refractivity contribution < 1.29 is 9.53 Å². The number of carbonyl (C=O) groups is 1. The molecule has 5 nitrogen and oxygen atoms in total. The van der Waals surface area contributed by atoms with Gasteiger partial charge in [-0.2, -0.15) is 0 Å². The Labute approximate surface area is 126 Å². The number of carbonyl (C=O) groups excluding carboxylic acids is 1. The van der Waals surface area contributed by atoms with Gasteiger partial charge in [0.15, 0.2) is 0 Å². The quantitative estimate of drug-likeness (QED) is 0.806. The highest BCUT2D eigenvalue weighted by atomic mass is 16.5. The number of aryl methyl sites for hydroxylation is 1. The zero-order valence-corrected chi connectivity index (χ0v) is 12.9. The van der Waals surface area contributed by atoms with E-state index in [1.54, 1.807) is 0 Å². The first-order chi connectivity index (χ1) is 10.1. The van der Waals surface area contributed by atoms with Crippen LogP contribution in [0.1, 0.15) is 11.1 Å². The van der Waals surface area contributed by atoms with Crippen LogP contribution in [-0.2, 0) is 16.1 Å². The number of methoxy groups -OCH3 is 1. The van der Waals surface area contributed by atoms with E-state index in [0.29, 0.717) is 6.54 Å². The van der Waals surface area contributed by atoms with E-state index in [9.17, 15) is 4.79 Å². The number of hydrogen-bond donors (Lipinski definition) is 1. The summed E-state index contributed by atoms with van der Waals surface area (Å²) < 4.78 is 4.82. The Kier molecular flexibility index (Phi) is 5.73. The number of esters is 1. The molecule has 0 amide bonds. The summed E-state index contributed by atoms with van der Waals surface area (Å²) in [5.41, 5.74) is 8.31. The maximum Gasteiger partial charge on any atom is 0.324 e. The first kappa shape index (κ1) is 15.9. The van der Waals surface area contributed by atoms with E-state index < -0.39 is 0 Å². The smallest absolute Gasteiger partial charge is 0.324 e. The van der Waals surface area contributed by atoms with Crippen molar-refractivity contribution in [2.24, 2.45) is 5.73 Å². The highest BCUT2D eigenvalue weighted by molar-refractivity contribution is 5.75. The molecule has 0 saturated carbocycles. The second-order valence-electron chi connectivity index (χ2n) is 5.57. The Balaban J connectivity index is 1.85. The first-order valence-electron chi connectivity index (χ1n) is 7.44. The molecular weight excluding hydrogens is 266 g/mol. The summed E-state index contributed by atoms with van der Waals surface area (Å²) in [7, 11) is 1.42. The minimum atomic E-state index is -0.309. The number of nitrogens with two attached hydrogens (primary N) is 1. The third-order valence-corrected chi connectivity index (χ3v) is 4.07. The Bertz CT molecular complexity index is 453. The van der Waals surface area contributed by atoms with Gasteiger partial charge in [-0.25, -0.2) is 0 Å². The van der Waals surface area contributed by atoms with Crippen LogP contribution >= 0.6 is 0 Å². The van der Waals surface area contributed by atoms with Crippen LogP contribution in [0.4, 0.5) is 0 Å². The highest BCUT2D eigenvalue weighted by Gasteiger charge is 2.28. The van der Waals surface area contributed by atoms with E-state index in [4.69, 9.17) is 10.5 Å². The molecule has 0 bridgehead atoms. The van der Waals surface area contributed by atoms with Gasteiger partial charge in [0.25, 0.3) is 0 Å². The topological polar surface area (TPSA) is 58.8 Å². The van der Waals surface area contributed by atoms with E-state index in [2.05, 4.69) is 41.0 Å². The van der Waals surface area contributed by atoms with Gasteiger partial charge in [0.05, 0.1) is 7.11 Å². The third-order valence-electron chi connectivity index (χ3n) is 4.07. The van der Waals surface area contributed by atoms with Crippen LogP contribution in [0.3, 0.4) is 0 Å². The zero-order chi connectivity index (χ0) is 15.2. The molecule has 2 N–H and O–H groups in total. The molecule has 0 spiro atoms. The monoisotopic (exact) mass is 291 g/mol. The molecule has 1 fully saturated rings. The lowest BCUT2D eigenvalue weighted by atomic mass is 10.1. The van der Waals surface area contributed by atoms with Gasteiger partial charge in [-0.1, -0.05) is 29.8 Å². The molecule has 1 unspecified atom stereocenters. The predicted molar refractivity (Wildman–Crippen MR) is 82.9 cm³/mol. The second kappa shape index (κ2) is 7.54. The highest BCUT2D eigenvalue weighted by Crippen LogP contribution is 2.12. The largest absolute Gasteiger partial charge is 0.468 e. The normalized spacial score (nSPS) is 18.4. The fourth-order valence-corrected chi connectivity index (χ4v) is 2.72. The summed E-state index contributed by atoms with van der Waals surface area (Å²) in [5, 5.41) is 0. The van der Waals surface area contributed by atoms with Crippen molar-refractivity contribution in [2.45, 2.75) is 19.5 Å². The van der Waals surface area contributed by atoms with Gasteiger partial charge in [-0.3, -0.25) is 14.6 Å². The van der Waals surface area contributed by atoms with Crippen molar-refractivity contribution in [2.75, 3.05) is 39.8 Å². The number of hydrogen-bond acceptors (Lipinski definition) is 5. The van der Waals surface area contributed by atoms with E-state index in [0.717, 1.165) is 32.7 Å². The Hall–Kier alpha value is -1.43. The SMILES string of the molecule is COC(=O)C(CN)N1CCN(Cc2ccc(C)cc2)CC1. The van der Waals surface area contributed by atoms with Crippen LogP contribution < -0.4 is 5.73 Å². The summed E-state index contributed by atoms with van der Waals surface area (Å²) in [6.07, 6.45) is 0. The third kappa shape index (κ3) is 4.27. The summed E-state index contributed by atoms with van der Waals surface area (Å²) in [4.78, 5) is 16.2. The lowest BCUT2D eigenvalue weighted by Crippen LogP contribution is -2.55. The summed E-state index contributed by atoms with van der Waals surface area (Å²) in [6, 6.07) is 8.34. The van der Waals surface area contributed by atoms with Gasteiger partial charge < -0.3 is 10.5 Å². The molecule has 1 heterocycles. The van der Waals surface area contributed by atoms with Gasteiger partial charge in [0, 0.05) is 39.3 Å². The Morgan fingerprint density at radius 1 is 1.24 bits per heavy atom. The van der Waals surface area contributed by atoms with Gasteiger partial charge in [0.2, 0.25) is 0 Å². The Morgan fingerprint density at radius 3 is 2.38 bits per heavy atom. The van der Waals surface area contributed by atoms with Crippen LogP contribution in [0, 0.1) is 6.92 Å². The summed E-state index contributed by atoms with van der Waals surface area (Å²) in [5.74, 6) is -0.232. The first-order valence-corrected chi connectivity index (χ1v) is 7.44. The van der Waals surface area contributed by atoms with Crippen molar-refractivity contribution in [1.82, 2.24) is 9.80 Å². The van der Waals surface area contributed by atoms with Crippen LogP contribution in [0.2, 0.25) is 0 Å². The molecule has 1 aliphatic rings. The fraction of sp³-hybridized carbons (Fsp3) is 0.562. The standard InChI is InChI=1S/C16H25N3O2/c1-13-3-5-14(6-4-13)12-18-7-9-19(10-8-18)15(11-17)16(20)21-2/h3-6,15H,7-12,17H2,1-2H3. The van der Waals surface area contributed by atoms with Crippen LogP contribution in [0.25, 0.3) is 0 Å². The van der Waals surface area contributed by atoms with Crippen molar-refractivity contribution in [3.63, 3.8) is 0 Å². The van der Waals surface area contributed by atoms with Crippen molar-refractivity contribution in [1.29, 1.82) is 0 Å². The molecule has 0 radical (unpaired) electrons. The lowest BCUT2D eigenvalue weighted by Gasteiger charge is -2.37. The molecule has 1 aromatic rings. The number of ether oxygens (including phenoxy) is 1. The average Bonchev–Trinajstić information content (AvgIpc) is 2.51. The fourth-order valence-electron chi connectivity index (χ4n) is 2.72. The molecule has 1 atom stereocenters. The molecule has 5 heteroatoms. The number of piperazine rings is 1. The van der Waals surface area contributed by atoms with Gasteiger partial charge in [-0.05, 0) is 12.5 Å². The number of rotatable bonds is 5. The number of nitrogens with zero attached hydrogens (tertiary/aromatic N) is 2. The van der Waals surface area contributed by atoms with Gasteiger partial charge >= 0.3 is 5.97 Å². The Morgan fingerprint density at radius 2 is 1.86 bits per heavy atom. The molecule has 1 aliphatic heterocycles. The molecule has 1 aromatic carbocycles. The number of benzene rings is 1. The molecule has 1 saturated heterocycles. The minimum Gasteiger partial charge on any atom is -0.468 e. The molecular formula is C16H25N3O2. The maximum absolute atomic E-state index is 11.7. The second-order valence-corrected chi connectivity index (χ2v) is 5.57. The maximum atomic E-state index is 11.7. The zero-order valence-electron chi connectivity index (χ0n) is 12.9. The summed E-state index contributed by atoms with van der Waals surface area (Å²) >= 11 is 0. The molecule has 116 valence electrons. The minimum absolute atomic E-state index is 0.232. The van der Waals surface area contributed by atoms with Crippen molar-refractivity contribution >= 4 is 5.97 Å². The van der Waals surface area contributed by atoms with Crippen molar-refractivity contribution in [3.05, 3.63) is 35.4 Å². The van der Waals surface area contributed by atoms with Crippen LogP contribution in [0.15, 0.2) is 24.3 Å². The van der Waals surface area contributed by atoms with Crippen LogP contribution in [0.5, 0.6) is 0 Å². The average molecular weight is 291 g/mol. The molecule has 0 aromatic heterocycles. The predicted octanol–water partition coefficient (Wildman–Crippen LogP) is 0.613. The van der Waals surface area contributed by atoms with Crippen LogP contribution in [-0.4, -0.2) is 61.6 Å². The van der Waals surface area contributed by atoms with E-state index in [-0.39, 0.29) is 12.0 Å². The van der Waals surface area contributed by atoms with E-state index >= 15 is 0 Å². The lowest BCUT2D eigenvalue weighted by molar-refractivity contribution is -0.147. The molecule has 2 rings (SSSR count). The van der Waals surface area contributed by atoms with E-state index in [1.807, 2.05) is 0 Å². The van der Waals surface area contributed by atoms with Gasteiger partial charge in [0.1, 0.15) is 6.04 Å². The van der Waals surface area contributed by atoms with Crippen molar-refractivity contribution in [3.8, 4) is 0 Å². The molecule has 0 aliphatic carbocycles. The molecule has 21 heavy (non-hydrogen) atoms. The van der Waals surface area contributed by atoms with Gasteiger partial charge in [-0.15, -0.1) is 0 Å². The summed E-state index contributed by atoms with van der Waals surface area (Å²) in [6.45, 7) is 6.96. The van der Waals surface area contributed by atoms with E-state index in [1.165, 1.54) is 18.2 Å².